The lowest BCUT2D eigenvalue weighted by atomic mass is 10.2. The monoisotopic (exact) mass is 454 g/mol. The van der Waals surface area contributed by atoms with Crippen molar-refractivity contribution < 1.29 is 27.5 Å². The van der Waals surface area contributed by atoms with Crippen molar-refractivity contribution in [1.29, 1.82) is 0 Å². The van der Waals surface area contributed by atoms with Gasteiger partial charge < -0.3 is 21.1 Å². The first kappa shape index (κ1) is 23.1. The van der Waals surface area contributed by atoms with E-state index < -0.39 is 34.5 Å². The highest BCUT2D eigenvalue weighted by molar-refractivity contribution is 7.89. The number of urea groups is 1. The first-order valence-corrected chi connectivity index (χ1v) is 10.2. The number of hydrogen-bond donors (Lipinski definition) is 3. The van der Waals surface area contributed by atoms with E-state index >= 15 is 0 Å². The molecule has 12 heteroatoms. The summed E-state index contributed by atoms with van der Waals surface area (Å²) < 4.78 is 30.5. The minimum absolute atomic E-state index is 0.00222. The highest BCUT2D eigenvalue weighted by Gasteiger charge is 2.21. The molecule has 2 aromatic carbocycles. The van der Waals surface area contributed by atoms with Crippen LogP contribution >= 0.6 is 11.6 Å². The number of esters is 1. The SMILES string of the molecule is CN(C)S(=O)(=O)c1cc(NC(=O)COC(=O)c2ccc(NC(N)=O)cc2)ccc1Cl. The molecule has 2 rings (SSSR count). The van der Waals surface area contributed by atoms with Crippen LogP contribution in [0.5, 0.6) is 0 Å². The molecule has 0 aromatic heterocycles. The zero-order valence-electron chi connectivity index (χ0n) is 16.0. The van der Waals surface area contributed by atoms with Gasteiger partial charge in [-0.1, -0.05) is 11.6 Å². The first-order valence-electron chi connectivity index (χ1n) is 8.36. The average Bonchev–Trinajstić information content (AvgIpc) is 2.67. The Hall–Kier alpha value is -3.15. The molecule has 3 amide bonds. The van der Waals surface area contributed by atoms with Gasteiger partial charge in [0.05, 0.1) is 10.6 Å². The van der Waals surface area contributed by atoms with Crippen LogP contribution in [0.4, 0.5) is 16.2 Å². The quantitative estimate of drug-likeness (QED) is 0.544. The number of nitrogens with two attached hydrogens (primary N) is 1. The molecule has 0 aliphatic carbocycles. The number of ether oxygens (including phenoxy) is 1. The summed E-state index contributed by atoms with van der Waals surface area (Å²) in [7, 11) is -1.10. The lowest BCUT2D eigenvalue weighted by molar-refractivity contribution is -0.119. The van der Waals surface area contributed by atoms with Gasteiger partial charge in [-0.3, -0.25) is 4.79 Å². The Balaban J connectivity index is 1.99. The predicted octanol–water partition coefficient (Wildman–Crippen LogP) is 1.88. The van der Waals surface area contributed by atoms with E-state index in [1.54, 1.807) is 0 Å². The first-order chi connectivity index (χ1) is 14.0. The summed E-state index contributed by atoms with van der Waals surface area (Å²) in [6, 6.07) is 8.89. The van der Waals surface area contributed by atoms with Gasteiger partial charge in [0.15, 0.2) is 6.61 Å². The molecule has 0 saturated heterocycles. The van der Waals surface area contributed by atoms with E-state index in [1.165, 1.54) is 56.6 Å². The van der Waals surface area contributed by atoms with E-state index in [4.69, 9.17) is 22.1 Å². The Kier molecular flexibility index (Phi) is 7.38. The number of amides is 3. The van der Waals surface area contributed by atoms with Gasteiger partial charge in [0.2, 0.25) is 10.0 Å². The van der Waals surface area contributed by atoms with Crippen LogP contribution in [0.15, 0.2) is 47.4 Å². The van der Waals surface area contributed by atoms with Gasteiger partial charge in [0.25, 0.3) is 5.91 Å². The van der Waals surface area contributed by atoms with Crippen LogP contribution in [0.1, 0.15) is 10.4 Å². The second kappa shape index (κ2) is 9.57. The molecule has 0 spiro atoms. The van der Waals surface area contributed by atoms with Crippen molar-refractivity contribution in [2.24, 2.45) is 5.73 Å². The lowest BCUT2D eigenvalue weighted by Gasteiger charge is -2.14. The molecule has 2 aromatic rings. The van der Waals surface area contributed by atoms with Gasteiger partial charge in [-0.05, 0) is 42.5 Å². The Morgan fingerprint density at radius 1 is 1.03 bits per heavy atom. The number of sulfonamides is 1. The van der Waals surface area contributed by atoms with Gasteiger partial charge in [-0.25, -0.2) is 22.3 Å². The summed E-state index contributed by atoms with van der Waals surface area (Å²) in [5.41, 5.74) is 5.71. The summed E-state index contributed by atoms with van der Waals surface area (Å²) >= 11 is 5.95. The smallest absolute Gasteiger partial charge is 0.338 e. The van der Waals surface area contributed by atoms with Crippen LogP contribution < -0.4 is 16.4 Å². The van der Waals surface area contributed by atoms with Crippen LogP contribution in [0.25, 0.3) is 0 Å². The lowest BCUT2D eigenvalue weighted by Crippen LogP contribution is -2.23. The molecular formula is C18H19ClN4O6S. The third-order valence-corrected chi connectivity index (χ3v) is 5.99. The minimum atomic E-state index is -3.81. The van der Waals surface area contributed by atoms with Crippen LogP contribution in [0.2, 0.25) is 5.02 Å². The Labute approximate surface area is 178 Å². The Morgan fingerprint density at radius 2 is 1.63 bits per heavy atom. The van der Waals surface area contributed by atoms with Gasteiger partial charge in [0.1, 0.15) is 4.90 Å². The summed E-state index contributed by atoms with van der Waals surface area (Å²) in [4.78, 5) is 34.7. The zero-order chi connectivity index (χ0) is 22.5. The number of nitrogens with one attached hydrogen (secondary N) is 2. The van der Waals surface area contributed by atoms with Gasteiger partial charge in [-0.2, -0.15) is 0 Å². The number of rotatable bonds is 7. The van der Waals surface area contributed by atoms with Crippen molar-refractivity contribution >= 4 is 50.9 Å². The molecule has 0 heterocycles. The molecule has 0 fully saturated rings. The fraction of sp³-hybridized carbons (Fsp3) is 0.167. The molecule has 30 heavy (non-hydrogen) atoms. The highest BCUT2D eigenvalue weighted by Crippen LogP contribution is 2.26. The number of carbonyl (C=O) groups is 3. The molecule has 0 unspecified atom stereocenters. The van der Waals surface area contributed by atoms with Crippen molar-refractivity contribution in [2.45, 2.75) is 4.90 Å². The van der Waals surface area contributed by atoms with Crippen molar-refractivity contribution in [3.05, 3.63) is 53.1 Å². The van der Waals surface area contributed by atoms with E-state index in [2.05, 4.69) is 10.6 Å². The normalized spacial score (nSPS) is 11.1. The summed E-state index contributed by atoms with van der Waals surface area (Å²) in [5.74, 6) is -1.44. The molecule has 0 aliphatic heterocycles. The van der Waals surface area contributed by atoms with Crippen LogP contribution in [0.3, 0.4) is 0 Å². The minimum Gasteiger partial charge on any atom is -0.452 e. The molecule has 10 nitrogen and oxygen atoms in total. The summed E-state index contributed by atoms with van der Waals surface area (Å²) in [6.45, 7) is -0.599. The average molecular weight is 455 g/mol. The van der Waals surface area contributed by atoms with Gasteiger partial charge in [0, 0.05) is 25.5 Å². The number of anilines is 2. The summed E-state index contributed by atoms with van der Waals surface area (Å²) in [5, 5.41) is 4.78. The highest BCUT2D eigenvalue weighted by atomic mass is 35.5. The van der Waals surface area contributed by atoms with Crippen LogP contribution in [-0.4, -0.2) is 51.3 Å². The second-order valence-corrected chi connectivity index (χ2v) is 8.65. The van der Waals surface area contributed by atoms with E-state index in [9.17, 15) is 22.8 Å². The fourth-order valence-corrected chi connectivity index (χ4v) is 3.61. The third-order valence-electron chi connectivity index (χ3n) is 3.70. The number of benzene rings is 2. The van der Waals surface area contributed by atoms with E-state index in [0.717, 1.165) is 4.31 Å². The molecule has 160 valence electrons. The molecular weight excluding hydrogens is 436 g/mol. The van der Waals surface area contributed by atoms with Crippen molar-refractivity contribution in [3.63, 3.8) is 0 Å². The molecule has 0 radical (unpaired) electrons. The standard InChI is InChI=1S/C18H19ClN4O6S/c1-23(2)30(27,28)15-9-13(7-8-14(15)19)21-16(24)10-29-17(25)11-3-5-12(6-4-11)22-18(20)26/h3-9H,10H2,1-2H3,(H,21,24)(H3,20,22,26). The van der Waals surface area contributed by atoms with E-state index in [1.807, 2.05) is 0 Å². The van der Waals surface area contributed by atoms with Crippen molar-refractivity contribution in [1.82, 2.24) is 4.31 Å². The number of nitrogens with zero attached hydrogens (tertiary/aromatic N) is 1. The number of carbonyl (C=O) groups excluding carboxylic acids is 3. The van der Waals surface area contributed by atoms with Crippen molar-refractivity contribution in [3.8, 4) is 0 Å². The molecule has 0 aliphatic rings. The number of halogens is 1. The van der Waals surface area contributed by atoms with E-state index in [0.29, 0.717) is 5.69 Å². The van der Waals surface area contributed by atoms with Gasteiger partial charge in [-0.15, -0.1) is 0 Å². The zero-order valence-corrected chi connectivity index (χ0v) is 17.6. The molecule has 0 atom stereocenters. The maximum atomic E-state index is 12.3. The fourth-order valence-electron chi connectivity index (χ4n) is 2.22. The number of primary amides is 1. The maximum Gasteiger partial charge on any atom is 0.338 e. The molecule has 0 saturated carbocycles. The largest absolute Gasteiger partial charge is 0.452 e. The summed E-state index contributed by atoms with van der Waals surface area (Å²) in [6.07, 6.45) is 0. The third kappa shape index (κ3) is 5.92. The maximum absolute atomic E-state index is 12.3. The number of hydrogen-bond acceptors (Lipinski definition) is 6. The molecule has 0 bridgehead atoms. The molecule has 4 N–H and O–H groups in total. The van der Waals surface area contributed by atoms with Crippen molar-refractivity contribution in [2.75, 3.05) is 31.3 Å². The Bertz CT molecular complexity index is 1070. The second-order valence-electron chi connectivity index (χ2n) is 6.12. The van der Waals surface area contributed by atoms with Crippen LogP contribution in [-0.2, 0) is 19.6 Å². The Morgan fingerprint density at radius 3 is 2.20 bits per heavy atom. The topological polar surface area (TPSA) is 148 Å². The van der Waals surface area contributed by atoms with Crippen LogP contribution in [0, 0.1) is 0 Å². The van der Waals surface area contributed by atoms with Gasteiger partial charge >= 0.3 is 12.0 Å². The van der Waals surface area contributed by atoms with E-state index in [-0.39, 0.29) is 21.2 Å². The predicted molar refractivity (Wildman–Crippen MR) is 111 cm³/mol.